The van der Waals surface area contributed by atoms with E-state index in [0.29, 0.717) is 5.56 Å². The normalized spacial score (nSPS) is 31.2. The zero-order valence-corrected chi connectivity index (χ0v) is 11.5. The van der Waals surface area contributed by atoms with Crippen LogP contribution < -0.4 is 5.32 Å². The number of fused-ring (bicyclic) bond motifs is 2. The largest absolute Gasteiger partial charge is 0.481 e. The Hall–Kier alpha value is -1.62. The van der Waals surface area contributed by atoms with Crippen molar-refractivity contribution in [2.24, 2.45) is 17.8 Å². The molecule has 0 spiro atoms. The number of aliphatic carboxylic acids is 1. The van der Waals surface area contributed by atoms with Gasteiger partial charge in [-0.15, -0.1) is 0 Å². The van der Waals surface area contributed by atoms with Crippen molar-refractivity contribution in [3.05, 3.63) is 29.0 Å². The molecule has 2 fully saturated rings. The SMILES string of the molecule is O=C(NC1C2CCC(C2)C1C(=O)O)c1ccncc1Cl. The van der Waals surface area contributed by atoms with Crippen LogP contribution in [0, 0.1) is 17.8 Å². The molecule has 0 saturated heterocycles. The molecular formula is C14H15ClN2O3. The average Bonchev–Trinajstić information content (AvgIpc) is 2.99. The molecule has 2 saturated carbocycles. The Morgan fingerprint density at radius 3 is 2.80 bits per heavy atom. The second kappa shape index (κ2) is 5.05. The average molecular weight is 295 g/mol. The Bertz CT molecular complexity index is 563. The smallest absolute Gasteiger partial charge is 0.308 e. The van der Waals surface area contributed by atoms with Crippen molar-refractivity contribution in [2.45, 2.75) is 25.3 Å². The first kappa shape index (κ1) is 13.4. The first-order valence-electron chi connectivity index (χ1n) is 6.71. The van der Waals surface area contributed by atoms with Gasteiger partial charge in [-0.2, -0.15) is 0 Å². The minimum absolute atomic E-state index is 0.190. The zero-order chi connectivity index (χ0) is 14.3. The molecule has 2 bridgehead atoms. The lowest BCUT2D eigenvalue weighted by Gasteiger charge is -2.28. The molecule has 2 aliphatic carbocycles. The molecule has 3 rings (SSSR count). The predicted molar refractivity (Wildman–Crippen MR) is 72.5 cm³/mol. The molecule has 1 heterocycles. The minimum Gasteiger partial charge on any atom is -0.481 e. The highest BCUT2D eigenvalue weighted by Crippen LogP contribution is 2.48. The quantitative estimate of drug-likeness (QED) is 0.893. The molecule has 6 heteroatoms. The van der Waals surface area contributed by atoms with Crippen LogP contribution in [0.5, 0.6) is 0 Å². The Morgan fingerprint density at radius 1 is 1.35 bits per heavy atom. The summed E-state index contributed by atoms with van der Waals surface area (Å²) in [5, 5.41) is 12.5. The second-order valence-electron chi connectivity index (χ2n) is 5.55. The third-order valence-electron chi connectivity index (χ3n) is 4.52. The van der Waals surface area contributed by atoms with Crippen LogP contribution in [0.1, 0.15) is 29.6 Å². The molecule has 0 aliphatic heterocycles. The molecule has 0 aromatic carbocycles. The van der Waals surface area contributed by atoms with E-state index in [-0.39, 0.29) is 28.8 Å². The van der Waals surface area contributed by atoms with Gasteiger partial charge in [-0.25, -0.2) is 0 Å². The number of pyridine rings is 1. The van der Waals surface area contributed by atoms with Gasteiger partial charge >= 0.3 is 5.97 Å². The van der Waals surface area contributed by atoms with E-state index >= 15 is 0 Å². The number of hydrogen-bond donors (Lipinski definition) is 2. The fourth-order valence-corrected chi connectivity index (χ4v) is 3.85. The number of halogens is 1. The van der Waals surface area contributed by atoms with Crippen LogP contribution in [0.3, 0.4) is 0 Å². The molecule has 4 atom stereocenters. The van der Waals surface area contributed by atoms with E-state index < -0.39 is 11.9 Å². The standard InChI is InChI=1S/C14H15ClN2O3/c15-10-6-16-4-3-9(10)13(18)17-12-8-2-1-7(5-8)11(12)14(19)20/h3-4,6-8,11-12H,1-2,5H2,(H,17,18)(H,19,20). The maximum atomic E-state index is 12.2. The summed E-state index contributed by atoms with van der Waals surface area (Å²) >= 11 is 5.94. The number of amides is 1. The summed E-state index contributed by atoms with van der Waals surface area (Å²) in [6.07, 6.45) is 5.74. The van der Waals surface area contributed by atoms with E-state index in [4.69, 9.17) is 11.6 Å². The highest BCUT2D eigenvalue weighted by Gasteiger charge is 2.51. The summed E-state index contributed by atoms with van der Waals surface area (Å²) in [5.41, 5.74) is 0.341. The van der Waals surface area contributed by atoms with Crippen LogP contribution >= 0.6 is 11.6 Å². The lowest BCUT2D eigenvalue weighted by Crippen LogP contribution is -2.46. The van der Waals surface area contributed by atoms with Crippen molar-refractivity contribution in [2.75, 3.05) is 0 Å². The number of rotatable bonds is 3. The van der Waals surface area contributed by atoms with Gasteiger partial charge in [-0.3, -0.25) is 14.6 Å². The fourth-order valence-electron chi connectivity index (χ4n) is 3.64. The molecule has 2 N–H and O–H groups in total. The molecule has 0 radical (unpaired) electrons. The number of carbonyl (C=O) groups excluding carboxylic acids is 1. The Balaban J connectivity index is 1.79. The topological polar surface area (TPSA) is 79.3 Å². The molecule has 106 valence electrons. The number of nitrogens with zero attached hydrogens (tertiary/aromatic N) is 1. The van der Waals surface area contributed by atoms with E-state index in [0.717, 1.165) is 19.3 Å². The molecule has 1 aromatic heterocycles. The Kier molecular flexibility index (Phi) is 3.38. The molecule has 2 aliphatic rings. The van der Waals surface area contributed by atoms with Gasteiger partial charge in [0, 0.05) is 18.4 Å². The molecule has 1 aromatic rings. The van der Waals surface area contributed by atoms with Crippen molar-refractivity contribution in [3.8, 4) is 0 Å². The number of carboxylic acids is 1. The minimum atomic E-state index is -0.816. The van der Waals surface area contributed by atoms with Crippen molar-refractivity contribution in [3.63, 3.8) is 0 Å². The third kappa shape index (κ3) is 2.16. The maximum Gasteiger partial charge on any atom is 0.308 e. The van der Waals surface area contributed by atoms with Gasteiger partial charge in [0.1, 0.15) is 0 Å². The summed E-state index contributed by atoms with van der Waals surface area (Å²) in [4.78, 5) is 27.5. The monoisotopic (exact) mass is 294 g/mol. The van der Waals surface area contributed by atoms with E-state index in [1.54, 1.807) is 6.07 Å². The number of carbonyl (C=O) groups is 2. The lowest BCUT2D eigenvalue weighted by atomic mass is 9.84. The van der Waals surface area contributed by atoms with Crippen LogP contribution in [0.25, 0.3) is 0 Å². The number of aromatic nitrogens is 1. The highest BCUT2D eigenvalue weighted by atomic mass is 35.5. The summed E-state index contributed by atoms with van der Waals surface area (Å²) in [6.45, 7) is 0. The number of carboxylic acid groups (broad SMARTS) is 1. The first-order valence-corrected chi connectivity index (χ1v) is 7.09. The van der Waals surface area contributed by atoms with Crippen molar-refractivity contribution in [1.82, 2.24) is 10.3 Å². The fraction of sp³-hybridized carbons (Fsp3) is 0.500. The lowest BCUT2D eigenvalue weighted by molar-refractivity contribution is -0.144. The van der Waals surface area contributed by atoms with E-state index in [2.05, 4.69) is 10.3 Å². The van der Waals surface area contributed by atoms with E-state index in [9.17, 15) is 14.7 Å². The number of nitrogens with one attached hydrogen (secondary N) is 1. The summed E-state index contributed by atoms with van der Waals surface area (Å²) < 4.78 is 0. The van der Waals surface area contributed by atoms with Crippen molar-refractivity contribution < 1.29 is 14.7 Å². The van der Waals surface area contributed by atoms with E-state index in [1.165, 1.54) is 12.4 Å². The second-order valence-corrected chi connectivity index (χ2v) is 5.96. The summed E-state index contributed by atoms with van der Waals surface area (Å²) in [7, 11) is 0. The van der Waals surface area contributed by atoms with Gasteiger partial charge in [0.05, 0.1) is 16.5 Å². The van der Waals surface area contributed by atoms with Gasteiger partial charge in [-0.05, 0) is 37.2 Å². The van der Waals surface area contributed by atoms with Gasteiger partial charge in [-0.1, -0.05) is 11.6 Å². The third-order valence-corrected chi connectivity index (χ3v) is 4.82. The van der Waals surface area contributed by atoms with Crippen LogP contribution in [-0.2, 0) is 4.79 Å². The molecule has 20 heavy (non-hydrogen) atoms. The van der Waals surface area contributed by atoms with Crippen LogP contribution in [0.15, 0.2) is 18.5 Å². The van der Waals surface area contributed by atoms with Gasteiger partial charge < -0.3 is 10.4 Å². The van der Waals surface area contributed by atoms with Crippen LogP contribution in [0.4, 0.5) is 0 Å². The Labute approximate surface area is 121 Å². The Morgan fingerprint density at radius 2 is 2.10 bits per heavy atom. The summed E-state index contributed by atoms with van der Waals surface area (Å²) in [5.74, 6) is -1.15. The summed E-state index contributed by atoms with van der Waals surface area (Å²) in [6, 6.07) is 1.25. The first-order chi connectivity index (χ1) is 9.58. The highest BCUT2D eigenvalue weighted by molar-refractivity contribution is 6.33. The van der Waals surface area contributed by atoms with Crippen molar-refractivity contribution >= 4 is 23.5 Å². The zero-order valence-electron chi connectivity index (χ0n) is 10.8. The molecule has 1 amide bonds. The van der Waals surface area contributed by atoms with Crippen molar-refractivity contribution in [1.29, 1.82) is 0 Å². The van der Waals surface area contributed by atoms with Gasteiger partial charge in [0.15, 0.2) is 0 Å². The molecule has 5 nitrogen and oxygen atoms in total. The van der Waals surface area contributed by atoms with Crippen LogP contribution in [-0.4, -0.2) is 28.0 Å². The predicted octanol–water partition coefficient (Wildman–Crippen LogP) is 1.96. The van der Waals surface area contributed by atoms with Crippen LogP contribution in [0.2, 0.25) is 5.02 Å². The maximum absolute atomic E-state index is 12.2. The molecular weight excluding hydrogens is 280 g/mol. The van der Waals surface area contributed by atoms with Gasteiger partial charge in [0.25, 0.3) is 5.91 Å². The van der Waals surface area contributed by atoms with Gasteiger partial charge in [0.2, 0.25) is 0 Å². The van der Waals surface area contributed by atoms with E-state index in [1.807, 2.05) is 0 Å². The molecule has 4 unspecified atom stereocenters. The number of hydrogen-bond acceptors (Lipinski definition) is 3.